The maximum Gasteiger partial charge on any atom is 0.258 e. The van der Waals surface area contributed by atoms with E-state index in [1.807, 2.05) is 36.4 Å². The van der Waals surface area contributed by atoms with Crippen LogP contribution < -0.4 is 14.8 Å². The first-order valence-electron chi connectivity index (χ1n) is 6.49. The standard InChI is InChI=1S/C17H17NO3/c1-20-14-9-7-13(8-10-14)11-12-18-17(19)15-5-3-4-6-16(15)21-2/h3-12H,1-2H3,(H,18,19)/b12-11-. The van der Waals surface area contributed by atoms with E-state index in [1.54, 1.807) is 38.6 Å². The molecule has 0 atom stereocenters. The number of carbonyl (C=O) groups is 1. The van der Waals surface area contributed by atoms with Gasteiger partial charge in [-0.1, -0.05) is 24.3 Å². The summed E-state index contributed by atoms with van der Waals surface area (Å²) in [5, 5.41) is 2.72. The molecule has 1 N–H and O–H groups in total. The van der Waals surface area contributed by atoms with Gasteiger partial charge in [-0.25, -0.2) is 0 Å². The number of carbonyl (C=O) groups excluding carboxylic acids is 1. The average molecular weight is 283 g/mol. The van der Waals surface area contributed by atoms with Crippen molar-refractivity contribution in [2.45, 2.75) is 0 Å². The van der Waals surface area contributed by atoms with Crippen molar-refractivity contribution in [3.63, 3.8) is 0 Å². The smallest absolute Gasteiger partial charge is 0.258 e. The first-order valence-corrected chi connectivity index (χ1v) is 6.49. The van der Waals surface area contributed by atoms with E-state index in [2.05, 4.69) is 5.32 Å². The molecule has 0 aromatic heterocycles. The highest BCUT2D eigenvalue weighted by atomic mass is 16.5. The highest BCUT2D eigenvalue weighted by Gasteiger charge is 2.09. The quantitative estimate of drug-likeness (QED) is 0.917. The molecule has 0 fully saturated rings. The Kier molecular flexibility index (Phi) is 4.99. The summed E-state index contributed by atoms with van der Waals surface area (Å²) in [5.41, 5.74) is 1.47. The first-order chi connectivity index (χ1) is 10.2. The highest BCUT2D eigenvalue weighted by molar-refractivity contribution is 5.97. The van der Waals surface area contributed by atoms with Crippen molar-refractivity contribution in [3.05, 3.63) is 65.9 Å². The van der Waals surface area contributed by atoms with Gasteiger partial charge in [-0.2, -0.15) is 0 Å². The largest absolute Gasteiger partial charge is 0.497 e. The van der Waals surface area contributed by atoms with Crippen LogP contribution in [-0.4, -0.2) is 20.1 Å². The molecule has 4 heteroatoms. The second-order valence-corrected chi connectivity index (χ2v) is 4.28. The molecule has 0 saturated heterocycles. The molecule has 0 aliphatic heterocycles. The van der Waals surface area contributed by atoms with Crippen LogP contribution in [0.1, 0.15) is 15.9 Å². The van der Waals surface area contributed by atoms with Gasteiger partial charge >= 0.3 is 0 Å². The van der Waals surface area contributed by atoms with Crippen molar-refractivity contribution in [1.82, 2.24) is 5.32 Å². The average Bonchev–Trinajstić information content (AvgIpc) is 2.55. The molecule has 2 aromatic carbocycles. The van der Waals surface area contributed by atoms with Crippen LogP contribution in [0.15, 0.2) is 54.7 Å². The number of amides is 1. The maximum absolute atomic E-state index is 12.1. The number of benzene rings is 2. The summed E-state index contributed by atoms with van der Waals surface area (Å²) in [6.45, 7) is 0. The molecule has 1 amide bonds. The molecule has 2 rings (SSSR count). The summed E-state index contributed by atoms with van der Waals surface area (Å²) in [4.78, 5) is 12.1. The van der Waals surface area contributed by atoms with Gasteiger partial charge < -0.3 is 14.8 Å². The van der Waals surface area contributed by atoms with Crippen LogP contribution in [-0.2, 0) is 0 Å². The van der Waals surface area contributed by atoms with Crippen molar-refractivity contribution >= 4 is 12.0 Å². The fraction of sp³-hybridized carbons (Fsp3) is 0.118. The molecular weight excluding hydrogens is 266 g/mol. The molecule has 108 valence electrons. The van der Waals surface area contributed by atoms with Gasteiger partial charge in [0.1, 0.15) is 11.5 Å². The van der Waals surface area contributed by atoms with Crippen molar-refractivity contribution < 1.29 is 14.3 Å². The van der Waals surface area contributed by atoms with Gasteiger partial charge in [0.25, 0.3) is 5.91 Å². The Bertz CT molecular complexity index is 633. The number of hydrogen-bond acceptors (Lipinski definition) is 3. The Morgan fingerprint density at radius 1 is 1.00 bits per heavy atom. The molecule has 0 spiro atoms. The molecule has 0 radical (unpaired) electrons. The second-order valence-electron chi connectivity index (χ2n) is 4.28. The normalized spacial score (nSPS) is 10.4. The number of ether oxygens (including phenoxy) is 2. The van der Waals surface area contributed by atoms with Crippen LogP contribution in [0.5, 0.6) is 11.5 Å². The monoisotopic (exact) mass is 283 g/mol. The minimum atomic E-state index is -0.211. The SMILES string of the molecule is COc1ccc(/C=C\NC(=O)c2ccccc2OC)cc1. The summed E-state index contributed by atoms with van der Waals surface area (Å²) < 4.78 is 10.2. The minimum Gasteiger partial charge on any atom is -0.497 e. The van der Waals surface area contributed by atoms with Crippen LogP contribution in [0, 0.1) is 0 Å². The number of nitrogens with one attached hydrogen (secondary N) is 1. The summed E-state index contributed by atoms with van der Waals surface area (Å²) >= 11 is 0. The van der Waals surface area contributed by atoms with Gasteiger partial charge in [0, 0.05) is 6.20 Å². The summed E-state index contributed by atoms with van der Waals surface area (Å²) in [7, 11) is 3.16. The van der Waals surface area contributed by atoms with Gasteiger partial charge in [-0.15, -0.1) is 0 Å². The molecule has 0 heterocycles. The van der Waals surface area contributed by atoms with E-state index in [0.29, 0.717) is 11.3 Å². The van der Waals surface area contributed by atoms with Crippen LogP contribution in [0.2, 0.25) is 0 Å². The van der Waals surface area contributed by atoms with Gasteiger partial charge in [0.2, 0.25) is 0 Å². The number of para-hydroxylation sites is 1. The van der Waals surface area contributed by atoms with E-state index in [0.717, 1.165) is 11.3 Å². The third-order valence-corrected chi connectivity index (χ3v) is 2.96. The van der Waals surface area contributed by atoms with E-state index >= 15 is 0 Å². The van der Waals surface area contributed by atoms with Crippen LogP contribution >= 0.6 is 0 Å². The molecule has 0 bridgehead atoms. The minimum absolute atomic E-state index is 0.211. The van der Waals surface area contributed by atoms with Crippen LogP contribution in [0.4, 0.5) is 0 Å². The second kappa shape index (κ2) is 7.14. The zero-order chi connectivity index (χ0) is 15.1. The lowest BCUT2D eigenvalue weighted by Gasteiger charge is -2.06. The number of hydrogen-bond donors (Lipinski definition) is 1. The molecule has 0 saturated carbocycles. The van der Waals surface area contributed by atoms with E-state index in [4.69, 9.17) is 9.47 Å². The van der Waals surface area contributed by atoms with Crippen molar-refractivity contribution in [2.24, 2.45) is 0 Å². The predicted molar refractivity (Wildman–Crippen MR) is 82.5 cm³/mol. The van der Waals surface area contributed by atoms with Gasteiger partial charge in [0.05, 0.1) is 19.8 Å². The van der Waals surface area contributed by atoms with E-state index in [9.17, 15) is 4.79 Å². The Balaban J connectivity index is 2.01. The zero-order valence-corrected chi connectivity index (χ0v) is 12.0. The summed E-state index contributed by atoms with van der Waals surface area (Å²) in [6, 6.07) is 14.6. The maximum atomic E-state index is 12.1. The van der Waals surface area contributed by atoms with Gasteiger partial charge in [-0.3, -0.25) is 4.79 Å². The number of methoxy groups -OCH3 is 2. The zero-order valence-electron chi connectivity index (χ0n) is 12.0. The Labute approximate surface area is 124 Å². The first kappa shape index (κ1) is 14.7. The number of rotatable bonds is 5. The van der Waals surface area contributed by atoms with Gasteiger partial charge in [0.15, 0.2) is 0 Å². The molecule has 2 aromatic rings. The van der Waals surface area contributed by atoms with Crippen LogP contribution in [0.3, 0.4) is 0 Å². The molecule has 21 heavy (non-hydrogen) atoms. The molecule has 0 unspecified atom stereocenters. The fourth-order valence-corrected chi connectivity index (χ4v) is 1.84. The van der Waals surface area contributed by atoms with E-state index < -0.39 is 0 Å². The van der Waals surface area contributed by atoms with Crippen molar-refractivity contribution in [2.75, 3.05) is 14.2 Å². The van der Waals surface area contributed by atoms with Crippen molar-refractivity contribution in [3.8, 4) is 11.5 Å². The van der Waals surface area contributed by atoms with Crippen LogP contribution in [0.25, 0.3) is 6.08 Å². The van der Waals surface area contributed by atoms with Gasteiger partial charge in [-0.05, 0) is 35.9 Å². The predicted octanol–water partition coefficient (Wildman–Crippen LogP) is 3.10. The molecule has 0 aliphatic rings. The third-order valence-electron chi connectivity index (χ3n) is 2.96. The molecule has 0 aliphatic carbocycles. The lowest BCUT2D eigenvalue weighted by molar-refractivity contribution is 0.0967. The van der Waals surface area contributed by atoms with E-state index in [1.165, 1.54) is 0 Å². The summed E-state index contributed by atoms with van der Waals surface area (Å²) in [6.07, 6.45) is 3.42. The third kappa shape index (κ3) is 3.86. The van der Waals surface area contributed by atoms with E-state index in [-0.39, 0.29) is 5.91 Å². The lowest BCUT2D eigenvalue weighted by atomic mass is 10.2. The highest BCUT2D eigenvalue weighted by Crippen LogP contribution is 2.17. The van der Waals surface area contributed by atoms with Crippen molar-refractivity contribution in [1.29, 1.82) is 0 Å². The molecular formula is C17H17NO3. The summed E-state index contributed by atoms with van der Waals surface area (Å²) in [5.74, 6) is 1.13. The topological polar surface area (TPSA) is 47.6 Å². The fourth-order valence-electron chi connectivity index (χ4n) is 1.84. The Morgan fingerprint density at radius 3 is 2.38 bits per heavy atom. The lowest BCUT2D eigenvalue weighted by Crippen LogP contribution is -2.17. The Hall–Kier alpha value is -2.75. The Morgan fingerprint density at radius 2 is 1.71 bits per heavy atom. The molecule has 4 nitrogen and oxygen atoms in total.